The van der Waals surface area contributed by atoms with Gasteiger partial charge in [0.05, 0.1) is 16.1 Å². The smallest absolute Gasteiger partial charge is 0.156 e. The van der Waals surface area contributed by atoms with Gasteiger partial charge in [0.1, 0.15) is 5.82 Å². The monoisotopic (exact) mass is 296 g/mol. The fourth-order valence-corrected chi connectivity index (χ4v) is 5.90. The summed E-state index contributed by atoms with van der Waals surface area (Å²) in [4.78, 5) is 6.21. The molecule has 0 amide bonds. The number of aliphatic hydroxyl groups is 1. The number of nitrogens with zero attached hydrogens (tertiary/aromatic N) is 2. The van der Waals surface area contributed by atoms with E-state index in [1.165, 1.54) is 0 Å². The number of pyridine rings is 1. The van der Waals surface area contributed by atoms with Gasteiger partial charge >= 0.3 is 0 Å². The minimum atomic E-state index is -3.02. The van der Waals surface area contributed by atoms with Crippen molar-refractivity contribution in [2.45, 2.75) is 41.8 Å². The molecule has 2 atom stereocenters. The second-order valence-corrected chi connectivity index (χ2v) is 8.66. The molecule has 1 N–H and O–H groups in total. The van der Waals surface area contributed by atoms with Crippen LogP contribution in [0.4, 0.5) is 5.82 Å². The SMILES string of the molecule is CN(C)c1ccc(C2(O)CC3CCC(C2)S3(=O)=O)cn1. The van der Waals surface area contributed by atoms with Crippen LogP contribution in [-0.2, 0) is 15.4 Å². The molecular formula is C14H20N2O3S. The Labute approximate surface area is 119 Å². The minimum Gasteiger partial charge on any atom is -0.385 e. The van der Waals surface area contributed by atoms with E-state index in [4.69, 9.17) is 0 Å². The van der Waals surface area contributed by atoms with E-state index in [2.05, 4.69) is 4.98 Å². The number of hydrogen-bond donors (Lipinski definition) is 1. The lowest BCUT2D eigenvalue weighted by molar-refractivity contribution is 0.0170. The summed E-state index contributed by atoms with van der Waals surface area (Å²) in [5, 5.41) is 10.1. The summed E-state index contributed by atoms with van der Waals surface area (Å²) >= 11 is 0. The lowest BCUT2D eigenvalue weighted by Gasteiger charge is -2.36. The molecule has 5 nitrogen and oxygen atoms in total. The molecular weight excluding hydrogens is 276 g/mol. The van der Waals surface area contributed by atoms with Gasteiger partial charge in [0.25, 0.3) is 0 Å². The van der Waals surface area contributed by atoms with Crippen LogP contribution in [0.3, 0.4) is 0 Å². The topological polar surface area (TPSA) is 70.5 Å². The highest BCUT2D eigenvalue weighted by Crippen LogP contribution is 2.47. The molecule has 1 aromatic rings. The third kappa shape index (κ3) is 2.02. The Hall–Kier alpha value is -1.14. The highest BCUT2D eigenvalue weighted by atomic mass is 32.2. The Morgan fingerprint density at radius 3 is 2.30 bits per heavy atom. The highest BCUT2D eigenvalue weighted by Gasteiger charge is 2.53. The number of rotatable bonds is 2. The molecule has 2 saturated heterocycles. The molecule has 2 bridgehead atoms. The maximum Gasteiger partial charge on any atom is 0.156 e. The van der Waals surface area contributed by atoms with E-state index in [-0.39, 0.29) is 10.5 Å². The van der Waals surface area contributed by atoms with Gasteiger partial charge in [-0.3, -0.25) is 0 Å². The molecule has 110 valence electrons. The zero-order valence-electron chi connectivity index (χ0n) is 11.8. The molecule has 0 aromatic carbocycles. The Morgan fingerprint density at radius 1 is 1.25 bits per heavy atom. The molecule has 1 aromatic heterocycles. The van der Waals surface area contributed by atoms with Crippen molar-refractivity contribution >= 4 is 15.7 Å². The second kappa shape index (κ2) is 4.43. The van der Waals surface area contributed by atoms with Crippen molar-refractivity contribution in [1.29, 1.82) is 0 Å². The maximum absolute atomic E-state index is 12.1. The lowest BCUT2D eigenvalue weighted by atomic mass is 9.87. The zero-order valence-corrected chi connectivity index (χ0v) is 12.6. The molecule has 0 aliphatic carbocycles. The van der Waals surface area contributed by atoms with Crippen molar-refractivity contribution in [3.63, 3.8) is 0 Å². The van der Waals surface area contributed by atoms with E-state index in [1.807, 2.05) is 31.1 Å². The van der Waals surface area contributed by atoms with Crippen LogP contribution in [0.1, 0.15) is 31.2 Å². The van der Waals surface area contributed by atoms with Gasteiger partial charge in [-0.05, 0) is 31.7 Å². The minimum absolute atomic E-state index is 0.300. The second-order valence-electron chi connectivity index (χ2n) is 6.15. The van der Waals surface area contributed by atoms with Crippen LogP contribution in [0.2, 0.25) is 0 Å². The van der Waals surface area contributed by atoms with Crippen molar-refractivity contribution in [1.82, 2.24) is 4.98 Å². The van der Waals surface area contributed by atoms with Gasteiger partial charge in [-0.2, -0.15) is 0 Å². The lowest BCUT2D eigenvalue weighted by Crippen LogP contribution is -2.43. The maximum atomic E-state index is 12.1. The summed E-state index contributed by atoms with van der Waals surface area (Å²) in [6, 6.07) is 3.72. The van der Waals surface area contributed by atoms with Gasteiger partial charge < -0.3 is 10.0 Å². The van der Waals surface area contributed by atoms with Gasteiger partial charge in [-0.15, -0.1) is 0 Å². The van der Waals surface area contributed by atoms with Crippen LogP contribution in [-0.4, -0.2) is 43.1 Å². The predicted molar refractivity (Wildman–Crippen MR) is 77.4 cm³/mol. The first-order valence-electron chi connectivity index (χ1n) is 6.92. The Bertz CT molecular complexity index is 590. The van der Waals surface area contributed by atoms with Gasteiger partial charge in [0, 0.05) is 25.9 Å². The van der Waals surface area contributed by atoms with E-state index in [0.717, 1.165) is 11.4 Å². The first-order valence-corrected chi connectivity index (χ1v) is 8.53. The molecule has 3 heterocycles. The molecule has 0 spiro atoms. The number of anilines is 1. The summed E-state index contributed by atoms with van der Waals surface area (Å²) in [6.07, 6.45) is 3.63. The summed E-state index contributed by atoms with van der Waals surface area (Å²) in [5.41, 5.74) is -0.315. The van der Waals surface area contributed by atoms with Gasteiger partial charge in [0.15, 0.2) is 9.84 Å². The third-order valence-electron chi connectivity index (χ3n) is 4.61. The molecule has 6 heteroatoms. The van der Waals surface area contributed by atoms with Gasteiger partial charge in [-0.25, -0.2) is 13.4 Å². The number of hydrogen-bond acceptors (Lipinski definition) is 5. The van der Waals surface area contributed by atoms with Crippen LogP contribution in [0, 0.1) is 0 Å². The summed E-state index contributed by atoms with van der Waals surface area (Å²) in [6.45, 7) is 0. The fraction of sp³-hybridized carbons (Fsp3) is 0.643. The molecule has 0 saturated carbocycles. The van der Waals surface area contributed by atoms with Crippen molar-refractivity contribution in [2.24, 2.45) is 0 Å². The largest absolute Gasteiger partial charge is 0.385 e. The van der Waals surface area contributed by atoms with Gasteiger partial charge in [-0.1, -0.05) is 6.07 Å². The van der Waals surface area contributed by atoms with Crippen molar-refractivity contribution in [2.75, 3.05) is 19.0 Å². The zero-order chi connectivity index (χ0) is 14.5. The number of fused-ring (bicyclic) bond motifs is 2. The van der Waals surface area contributed by atoms with Crippen LogP contribution in [0.5, 0.6) is 0 Å². The molecule has 20 heavy (non-hydrogen) atoms. The average Bonchev–Trinajstić information content (AvgIpc) is 2.59. The summed E-state index contributed by atoms with van der Waals surface area (Å²) < 4.78 is 24.2. The molecule has 2 aliphatic rings. The average molecular weight is 296 g/mol. The first kappa shape index (κ1) is 13.8. The van der Waals surface area contributed by atoms with E-state index in [0.29, 0.717) is 25.7 Å². The molecule has 2 unspecified atom stereocenters. The third-order valence-corrected chi connectivity index (χ3v) is 7.28. The molecule has 3 rings (SSSR count). The number of aromatic nitrogens is 1. The predicted octanol–water partition coefficient (Wildman–Crippen LogP) is 1.07. The Kier molecular flexibility index (Phi) is 3.06. The quantitative estimate of drug-likeness (QED) is 0.884. The van der Waals surface area contributed by atoms with Crippen LogP contribution < -0.4 is 4.90 Å². The Morgan fingerprint density at radius 2 is 1.85 bits per heavy atom. The molecule has 2 aliphatic heterocycles. The fourth-order valence-electron chi connectivity index (χ4n) is 3.41. The van der Waals surface area contributed by atoms with Crippen molar-refractivity contribution in [3.8, 4) is 0 Å². The number of sulfone groups is 1. The van der Waals surface area contributed by atoms with E-state index in [1.54, 1.807) is 6.20 Å². The molecule has 2 fully saturated rings. The Balaban J connectivity index is 1.91. The standard InChI is InChI=1S/C14H20N2O3S/c1-16(2)13-6-3-10(9-15-13)14(17)7-11-4-5-12(8-14)20(11,18)19/h3,6,9,11-12,17H,4-5,7-8H2,1-2H3. The van der Waals surface area contributed by atoms with Crippen LogP contribution in [0.25, 0.3) is 0 Å². The van der Waals surface area contributed by atoms with E-state index in [9.17, 15) is 13.5 Å². The normalized spacial score (nSPS) is 35.0. The van der Waals surface area contributed by atoms with E-state index >= 15 is 0 Å². The summed E-state index contributed by atoms with van der Waals surface area (Å²) in [7, 11) is 0.795. The van der Waals surface area contributed by atoms with Crippen LogP contribution >= 0.6 is 0 Å². The molecule has 0 radical (unpaired) electrons. The van der Waals surface area contributed by atoms with Crippen LogP contribution in [0.15, 0.2) is 18.3 Å². The van der Waals surface area contributed by atoms with E-state index < -0.39 is 15.4 Å². The first-order chi connectivity index (χ1) is 9.33. The van der Waals surface area contributed by atoms with Crippen molar-refractivity contribution in [3.05, 3.63) is 23.9 Å². The van der Waals surface area contributed by atoms with Gasteiger partial charge in [0.2, 0.25) is 0 Å². The summed E-state index contributed by atoms with van der Waals surface area (Å²) in [5.74, 6) is 0.823. The highest BCUT2D eigenvalue weighted by molar-refractivity contribution is 7.93. The van der Waals surface area contributed by atoms with Crippen molar-refractivity contribution < 1.29 is 13.5 Å².